The van der Waals surface area contributed by atoms with Crippen molar-refractivity contribution in [3.05, 3.63) is 35.2 Å². The summed E-state index contributed by atoms with van der Waals surface area (Å²) in [6.07, 6.45) is 1.76. The molecule has 24 heavy (non-hydrogen) atoms. The zero-order valence-electron chi connectivity index (χ0n) is 15.6. The highest BCUT2D eigenvalue weighted by Crippen LogP contribution is 2.27. The summed E-state index contributed by atoms with van der Waals surface area (Å²) in [6, 6.07) is 3.98. The summed E-state index contributed by atoms with van der Waals surface area (Å²) in [5.41, 5.74) is 3.46. The average molecular weight is 331 g/mol. The van der Waals surface area contributed by atoms with Gasteiger partial charge in [0.1, 0.15) is 5.82 Å². The van der Waals surface area contributed by atoms with E-state index in [1.165, 1.54) is 5.56 Å². The van der Waals surface area contributed by atoms with Gasteiger partial charge in [0, 0.05) is 51.6 Å². The van der Waals surface area contributed by atoms with Gasteiger partial charge in [-0.3, -0.25) is 4.68 Å². The van der Waals surface area contributed by atoms with Crippen molar-refractivity contribution in [2.45, 2.75) is 39.8 Å². The second-order valence-electron chi connectivity index (χ2n) is 6.36. The molecule has 0 aliphatic heterocycles. The van der Waals surface area contributed by atoms with E-state index < -0.39 is 0 Å². The molecule has 2 heterocycles. The molecule has 0 saturated carbocycles. The highest BCUT2D eigenvalue weighted by atomic mass is 16.5. The number of aryl methyl sites for hydroxylation is 1. The lowest BCUT2D eigenvalue weighted by Gasteiger charge is -2.16. The number of anilines is 1. The third kappa shape index (κ3) is 4.06. The highest BCUT2D eigenvalue weighted by Gasteiger charge is 2.19. The van der Waals surface area contributed by atoms with Crippen molar-refractivity contribution >= 4 is 5.82 Å². The molecule has 0 aliphatic rings. The number of nitrogens with one attached hydrogen (secondary N) is 1. The fourth-order valence-electron chi connectivity index (χ4n) is 2.92. The van der Waals surface area contributed by atoms with Crippen molar-refractivity contribution in [3.8, 4) is 5.88 Å². The van der Waals surface area contributed by atoms with Gasteiger partial charge in [0.2, 0.25) is 5.88 Å². The monoisotopic (exact) mass is 331 g/mol. The lowest BCUT2D eigenvalue weighted by Crippen LogP contribution is -2.19. The van der Waals surface area contributed by atoms with E-state index in [9.17, 15) is 0 Å². The zero-order chi connectivity index (χ0) is 17.7. The minimum absolute atomic E-state index is 0.388. The molecule has 0 bridgehead atoms. The Morgan fingerprint density at radius 1 is 1.29 bits per heavy atom. The van der Waals surface area contributed by atoms with Crippen LogP contribution < -0.4 is 15.0 Å². The van der Waals surface area contributed by atoms with Crippen LogP contribution in [0.15, 0.2) is 18.3 Å². The molecule has 6 heteroatoms. The van der Waals surface area contributed by atoms with Crippen LogP contribution in [0.3, 0.4) is 0 Å². The third-order valence-corrected chi connectivity index (χ3v) is 3.86. The molecule has 0 unspecified atom stereocenters. The SMILES string of the molecule is CCOc1ncccc1CNCc1c(C(C)C)nn(C)c1N(C)C. The molecule has 132 valence electrons. The minimum atomic E-state index is 0.388. The number of rotatable bonds is 8. The Labute approximate surface area is 144 Å². The Morgan fingerprint density at radius 3 is 2.67 bits per heavy atom. The molecule has 0 spiro atoms. The molecule has 2 aromatic rings. The molecule has 0 atom stereocenters. The minimum Gasteiger partial charge on any atom is -0.478 e. The summed E-state index contributed by atoms with van der Waals surface area (Å²) in [5, 5.41) is 8.22. The van der Waals surface area contributed by atoms with E-state index in [0.29, 0.717) is 24.9 Å². The predicted molar refractivity (Wildman–Crippen MR) is 97.6 cm³/mol. The Hall–Kier alpha value is -2.08. The van der Waals surface area contributed by atoms with Crippen LogP contribution in [0.4, 0.5) is 5.82 Å². The maximum absolute atomic E-state index is 5.59. The van der Waals surface area contributed by atoms with E-state index in [1.807, 2.05) is 30.8 Å². The second kappa shape index (κ2) is 8.15. The lowest BCUT2D eigenvalue weighted by atomic mass is 10.1. The number of hydrogen-bond donors (Lipinski definition) is 1. The summed E-state index contributed by atoms with van der Waals surface area (Å²) >= 11 is 0. The number of hydrogen-bond acceptors (Lipinski definition) is 5. The molecule has 0 saturated heterocycles. The van der Waals surface area contributed by atoms with Gasteiger partial charge in [-0.25, -0.2) is 4.98 Å². The van der Waals surface area contributed by atoms with E-state index in [0.717, 1.165) is 23.6 Å². The van der Waals surface area contributed by atoms with Gasteiger partial charge in [-0.15, -0.1) is 0 Å². The number of pyridine rings is 1. The van der Waals surface area contributed by atoms with Gasteiger partial charge in [0.25, 0.3) is 0 Å². The smallest absolute Gasteiger partial charge is 0.217 e. The molecule has 0 radical (unpaired) electrons. The summed E-state index contributed by atoms with van der Waals surface area (Å²) in [5.74, 6) is 2.23. The lowest BCUT2D eigenvalue weighted by molar-refractivity contribution is 0.322. The Kier molecular flexibility index (Phi) is 6.20. The molecule has 1 N–H and O–H groups in total. The van der Waals surface area contributed by atoms with Gasteiger partial charge in [-0.2, -0.15) is 5.10 Å². The Balaban J connectivity index is 2.15. The predicted octanol–water partition coefficient (Wildman–Crippen LogP) is 2.69. The van der Waals surface area contributed by atoms with Crippen LogP contribution in [0, 0.1) is 0 Å². The van der Waals surface area contributed by atoms with Gasteiger partial charge < -0.3 is 15.0 Å². The first-order valence-electron chi connectivity index (χ1n) is 8.46. The Bertz CT molecular complexity index is 663. The van der Waals surface area contributed by atoms with Crippen molar-refractivity contribution in [2.24, 2.45) is 7.05 Å². The standard InChI is InChI=1S/C18H29N5O/c1-7-24-17-14(9-8-10-20-17)11-19-12-15-16(13(2)3)21-23(6)18(15)22(4)5/h8-10,13,19H,7,11-12H2,1-6H3. The second-order valence-corrected chi connectivity index (χ2v) is 6.36. The van der Waals surface area contributed by atoms with Crippen LogP contribution in [0.2, 0.25) is 0 Å². The van der Waals surface area contributed by atoms with Gasteiger partial charge in [0.05, 0.1) is 12.3 Å². The molecule has 6 nitrogen and oxygen atoms in total. The van der Waals surface area contributed by atoms with Crippen molar-refractivity contribution < 1.29 is 4.74 Å². The summed E-state index contributed by atoms with van der Waals surface area (Å²) in [6.45, 7) is 8.42. The molecule has 0 aromatic carbocycles. The third-order valence-electron chi connectivity index (χ3n) is 3.86. The van der Waals surface area contributed by atoms with Crippen molar-refractivity contribution in [1.82, 2.24) is 20.1 Å². The molecule has 2 aromatic heterocycles. The molecule has 2 rings (SSSR count). The largest absolute Gasteiger partial charge is 0.478 e. The van der Waals surface area contributed by atoms with Crippen LogP contribution in [-0.2, 0) is 20.1 Å². The fraction of sp³-hybridized carbons (Fsp3) is 0.556. The maximum Gasteiger partial charge on any atom is 0.217 e. The zero-order valence-corrected chi connectivity index (χ0v) is 15.6. The van der Waals surface area contributed by atoms with Crippen LogP contribution in [0.5, 0.6) is 5.88 Å². The Morgan fingerprint density at radius 2 is 2.04 bits per heavy atom. The quantitative estimate of drug-likeness (QED) is 0.806. The van der Waals surface area contributed by atoms with Crippen molar-refractivity contribution in [1.29, 1.82) is 0 Å². The highest BCUT2D eigenvalue weighted by molar-refractivity contribution is 5.50. The maximum atomic E-state index is 5.59. The fourth-order valence-corrected chi connectivity index (χ4v) is 2.92. The summed E-state index contributed by atoms with van der Waals surface area (Å²) in [4.78, 5) is 6.42. The summed E-state index contributed by atoms with van der Waals surface area (Å²) < 4.78 is 7.55. The van der Waals surface area contributed by atoms with Crippen LogP contribution in [0.1, 0.15) is 43.5 Å². The van der Waals surface area contributed by atoms with Gasteiger partial charge in [-0.1, -0.05) is 19.9 Å². The van der Waals surface area contributed by atoms with E-state index in [2.05, 4.69) is 43.1 Å². The van der Waals surface area contributed by atoms with Crippen LogP contribution in [0.25, 0.3) is 0 Å². The number of aromatic nitrogens is 3. The van der Waals surface area contributed by atoms with Crippen LogP contribution in [-0.4, -0.2) is 35.5 Å². The normalized spacial score (nSPS) is 11.1. The molecule has 0 amide bonds. The molecule has 0 aliphatic carbocycles. The van der Waals surface area contributed by atoms with E-state index in [4.69, 9.17) is 9.84 Å². The molecular weight excluding hydrogens is 302 g/mol. The van der Waals surface area contributed by atoms with Crippen LogP contribution >= 0.6 is 0 Å². The first-order valence-corrected chi connectivity index (χ1v) is 8.46. The van der Waals surface area contributed by atoms with E-state index in [-0.39, 0.29) is 0 Å². The average Bonchev–Trinajstić information content (AvgIpc) is 2.86. The van der Waals surface area contributed by atoms with Crippen molar-refractivity contribution in [2.75, 3.05) is 25.6 Å². The first kappa shape index (κ1) is 18.3. The molecule has 0 fully saturated rings. The van der Waals surface area contributed by atoms with Gasteiger partial charge >= 0.3 is 0 Å². The molecular formula is C18H29N5O. The first-order chi connectivity index (χ1) is 11.5. The summed E-state index contributed by atoms with van der Waals surface area (Å²) in [7, 11) is 6.11. The van der Waals surface area contributed by atoms with Gasteiger partial charge in [-0.05, 0) is 18.9 Å². The van der Waals surface area contributed by atoms with E-state index >= 15 is 0 Å². The topological polar surface area (TPSA) is 55.2 Å². The number of nitrogens with zero attached hydrogens (tertiary/aromatic N) is 4. The number of ether oxygens (including phenoxy) is 1. The van der Waals surface area contributed by atoms with Crippen molar-refractivity contribution in [3.63, 3.8) is 0 Å². The van der Waals surface area contributed by atoms with Gasteiger partial charge in [0.15, 0.2) is 0 Å². The van der Waals surface area contributed by atoms with E-state index in [1.54, 1.807) is 6.20 Å².